The van der Waals surface area contributed by atoms with E-state index in [0.29, 0.717) is 22.1 Å². The van der Waals surface area contributed by atoms with Crippen LogP contribution in [0.3, 0.4) is 0 Å². The van der Waals surface area contributed by atoms with Crippen LogP contribution in [0.4, 0.5) is 15.5 Å². The van der Waals surface area contributed by atoms with Crippen molar-refractivity contribution in [1.29, 1.82) is 0 Å². The molecule has 1 fully saturated rings. The van der Waals surface area contributed by atoms with Crippen molar-refractivity contribution < 1.29 is 9.59 Å². The molecule has 1 aromatic carbocycles. The number of nitrogens with zero attached hydrogens (tertiary/aromatic N) is 1. The number of hydrogen-bond acceptors (Lipinski definition) is 5. The minimum absolute atomic E-state index is 0. The Labute approximate surface area is 168 Å². The van der Waals surface area contributed by atoms with Crippen LogP contribution in [0.15, 0.2) is 42.5 Å². The monoisotopic (exact) mass is 409 g/mol. The van der Waals surface area contributed by atoms with Gasteiger partial charge in [0.1, 0.15) is 0 Å². The molecule has 0 saturated carbocycles. The van der Waals surface area contributed by atoms with Gasteiger partial charge >= 0.3 is 6.03 Å². The molecule has 0 spiro atoms. The Morgan fingerprint density at radius 3 is 2.52 bits per heavy atom. The van der Waals surface area contributed by atoms with Gasteiger partial charge in [0, 0.05) is 45.0 Å². The zero-order valence-electron chi connectivity index (χ0n) is 14.9. The van der Waals surface area contributed by atoms with Crippen molar-refractivity contribution in [1.82, 2.24) is 15.5 Å². The number of benzene rings is 1. The average molecular weight is 410 g/mol. The Kier molecular flexibility index (Phi) is 8.53. The van der Waals surface area contributed by atoms with E-state index in [2.05, 4.69) is 26.2 Å². The maximum atomic E-state index is 12.2. The third kappa shape index (κ3) is 6.84. The predicted octanol–water partition coefficient (Wildman–Crippen LogP) is 2.45. The second kappa shape index (κ2) is 10.9. The first-order valence-electron chi connectivity index (χ1n) is 8.65. The third-order valence-corrected chi connectivity index (χ3v) is 5.02. The van der Waals surface area contributed by atoms with Crippen molar-refractivity contribution in [2.75, 3.05) is 49.9 Å². The largest absolute Gasteiger partial charge is 0.350 e. The molecule has 7 nitrogen and oxygen atoms in total. The number of anilines is 2. The van der Waals surface area contributed by atoms with Crippen LogP contribution in [0.25, 0.3) is 0 Å². The molecule has 1 aromatic heterocycles. The van der Waals surface area contributed by atoms with Crippen LogP contribution < -0.4 is 21.3 Å². The van der Waals surface area contributed by atoms with Crippen LogP contribution in [0.5, 0.6) is 0 Å². The van der Waals surface area contributed by atoms with Gasteiger partial charge in [-0.3, -0.25) is 15.0 Å². The van der Waals surface area contributed by atoms with Gasteiger partial charge in [0.15, 0.2) is 0 Å². The number of halogens is 1. The number of carbonyl (C=O) groups excluding carboxylic acids is 2. The SMILES string of the molecule is Cl.O=C(Nc1ccccc1)Nc1ccc(C(=O)NCCN2CCNCC2)s1. The van der Waals surface area contributed by atoms with Gasteiger partial charge < -0.3 is 16.0 Å². The Morgan fingerprint density at radius 2 is 1.78 bits per heavy atom. The Bertz CT molecular complexity index is 734. The molecule has 0 atom stereocenters. The molecule has 0 bridgehead atoms. The van der Waals surface area contributed by atoms with Crippen LogP contribution in [0.1, 0.15) is 9.67 Å². The molecule has 3 rings (SSSR count). The third-order valence-electron chi connectivity index (χ3n) is 4.02. The van der Waals surface area contributed by atoms with E-state index in [1.165, 1.54) is 11.3 Å². The van der Waals surface area contributed by atoms with Crippen LogP contribution in [-0.2, 0) is 0 Å². The van der Waals surface area contributed by atoms with Crippen LogP contribution in [0, 0.1) is 0 Å². The number of piperazine rings is 1. The van der Waals surface area contributed by atoms with Crippen molar-refractivity contribution in [3.8, 4) is 0 Å². The summed E-state index contributed by atoms with van der Waals surface area (Å²) in [6, 6.07) is 12.3. The molecular formula is C18H24ClN5O2S. The number of amides is 3. The Balaban J connectivity index is 0.00000261. The lowest BCUT2D eigenvalue weighted by molar-refractivity contribution is 0.0951. The summed E-state index contributed by atoms with van der Waals surface area (Å²) in [5, 5.41) is 12.4. The summed E-state index contributed by atoms with van der Waals surface area (Å²) in [4.78, 5) is 27.1. The number of urea groups is 1. The van der Waals surface area contributed by atoms with Crippen molar-refractivity contribution in [3.63, 3.8) is 0 Å². The van der Waals surface area contributed by atoms with Gasteiger partial charge in [-0.15, -0.1) is 23.7 Å². The number of rotatable bonds is 6. The fourth-order valence-electron chi connectivity index (χ4n) is 2.67. The van der Waals surface area contributed by atoms with E-state index in [0.717, 1.165) is 32.7 Å². The van der Waals surface area contributed by atoms with Gasteiger partial charge in [-0.05, 0) is 24.3 Å². The highest BCUT2D eigenvalue weighted by Crippen LogP contribution is 2.22. The number of thiophene rings is 1. The first-order valence-corrected chi connectivity index (χ1v) is 9.46. The molecule has 3 amide bonds. The summed E-state index contributed by atoms with van der Waals surface area (Å²) < 4.78 is 0. The molecule has 9 heteroatoms. The molecular weight excluding hydrogens is 386 g/mol. The summed E-state index contributed by atoms with van der Waals surface area (Å²) in [6.07, 6.45) is 0. The summed E-state index contributed by atoms with van der Waals surface area (Å²) in [7, 11) is 0. The summed E-state index contributed by atoms with van der Waals surface area (Å²) in [6.45, 7) is 5.49. The highest BCUT2D eigenvalue weighted by atomic mass is 35.5. The maximum absolute atomic E-state index is 12.2. The molecule has 1 saturated heterocycles. The van der Waals surface area contributed by atoms with E-state index in [9.17, 15) is 9.59 Å². The van der Waals surface area contributed by atoms with Crippen LogP contribution in [0.2, 0.25) is 0 Å². The van der Waals surface area contributed by atoms with E-state index >= 15 is 0 Å². The fourth-order valence-corrected chi connectivity index (χ4v) is 3.49. The summed E-state index contributed by atoms with van der Waals surface area (Å²) in [5.74, 6) is -0.110. The highest BCUT2D eigenvalue weighted by Gasteiger charge is 2.12. The lowest BCUT2D eigenvalue weighted by Crippen LogP contribution is -2.46. The maximum Gasteiger partial charge on any atom is 0.324 e. The smallest absolute Gasteiger partial charge is 0.324 e. The van der Waals surface area contributed by atoms with Crippen molar-refractivity contribution in [2.24, 2.45) is 0 Å². The molecule has 27 heavy (non-hydrogen) atoms. The van der Waals surface area contributed by atoms with E-state index in [1.54, 1.807) is 12.1 Å². The quantitative estimate of drug-likeness (QED) is 0.590. The number of carbonyl (C=O) groups is 2. The van der Waals surface area contributed by atoms with Crippen molar-refractivity contribution in [2.45, 2.75) is 0 Å². The van der Waals surface area contributed by atoms with E-state index in [1.807, 2.05) is 30.3 Å². The zero-order valence-corrected chi connectivity index (χ0v) is 16.5. The van der Waals surface area contributed by atoms with Crippen LogP contribution >= 0.6 is 23.7 Å². The van der Waals surface area contributed by atoms with Crippen LogP contribution in [-0.4, -0.2) is 56.1 Å². The first kappa shape index (κ1) is 21.2. The number of nitrogens with one attached hydrogen (secondary N) is 4. The molecule has 2 aromatic rings. The number of hydrogen-bond donors (Lipinski definition) is 4. The second-order valence-electron chi connectivity index (χ2n) is 5.96. The normalized spacial score (nSPS) is 14.1. The van der Waals surface area contributed by atoms with Crippen molar-refractivity contribution in [3.05, 3.63) is 47.3 Å². The zero-order chi connectivity index (χ0) is 18.2. The van der Waals surface area contributed by atoms with Gasteiger partial charge in [0.2, 0.25) is 0 Å². The molecule has 1 aliphatic heterocycles. The second-order valence-corrected chi connectivity index (χ2v) is 7.04. The minimum Gasteiger partial charge on any atom is -0.350 e. The molecule has 146 valence electrons. The molecule has 0 aliphatic carbocycles. The Hall–Kier alpha value is -2.13. The average Bonchev–Trinajstić information content (AvgIpc) is 3.12. The van der Waals surface area contributed by atoms with E-state index in [-0.39, 0.29) is 24.3 Å². The highest BCUT2D eigenvalue weighted by molar-refractivity contribution is 7.18. The predicted molar refractivity (Wildman–Crippen MR) is 112 cm³/mol. The molecule has 0 radical (unpaired) electrons. The lowest BCUT2D eigenvalue weighted by atomic mass is 10.3. The van der Waals surface area contributed by atoms with Gasteiger partial charge in [0.25, 0.3) is 5.91 Å². The minimum atomic E-state index is -0.330. The fraction of sp³-hybridized carbons (Fsp3) is 0.333. The van der Waals surface area contributed by atoms with E-state index < -0.39 is 0 Å². The molecule has 1 aliphatic rings. The summed E-state index contributed by atoms with van der Waals surface area (Å²) in [5.41, 5.74) is 0.715. The molecule has 0 unspecified atom stereocenters. The van der Waals surface area contributed by atoms with E-state index in [4.69, 9.17) is 0 Å². The van der Waals surface area contributed by atoms with Gasteiger partial charge in [-0.25, -0.2) is 4.79 Å². The lowest BCUT2D eigenvalue weighted by Gasteiger charge is -2.26. The first-order chi connectivity index (χ1) is 12.7. The van der Waals surface area contributed by atoms with Crippen molar-refractivity contribution >= 4 is 46.4 Å². The topological polar surface area (TPSA) is 85.5 Å². The van der Waals surface area contributed by atoms with Gasteiger partial charge in [-0.1, -0.05) is 18.2 Å². The summed E-state index contributed by atoms with van der Waals surface area (Å²) >= 11 is 1.26. The standard InChI is InChI=1S/C18H23N5O2S.ClH/c24-17(20-10-13-23-11-8-19-9-12-23)15-6-7-16(26-15)22-18(25)21-14-4-2-1-3-5-14;/h1-7,19H,8-13H2,(H,20,24)(H2,21,22,25);1H. The number of para-hydroxylation sites is 1. The molecule has 2 heterocycles. The van der Waals surface area contributed by atoms with Gasteiger partial charge in [-0.2, -0.15) is 0 Å². The Morgan fingerprint density at radius 1 is 1.04 bits per heavy atom. The van der Waals surface area contributed by atoms with Gasteiger partial charge in [0.05, 0.1) is 9.88 Å². The molecule has 4 N–H and O–H groups in total.